The lowest BCUT2D eigenvalue weighted by molar-refractivity contribution is 0.415. The molecule has 0 saturated carbocycles. The SMILES string of the molecule is COc1ccc(-c2nc(S(=O)(=O)c3ccc(Cl)cc3)c(N(C)C)o2)cc1. The van der Waals surface area contributed by atoms with Gasteiger partial charge in [-0.25, -0.2) is 8.42 Å². The average Bonchev–Trinajstić information content (AvgIpc) is 3.09. The molecular formula is C18H17ClN2O4S. The van der Waals surface area contributed by atoms with Gasteiger partial charge >= 0.3 is 0 Å². The summed E-state index contributed by atoms with van der Waals surface area (Å²) >= 11 is 5.85. The minimum atomic E-state index is -3.86. The third-order valence-corrected chi connectivity index (χ3v) is 5.62. The molecule has 0 atom stereocenters. The molecule has 1 aromatic heterocycles. The van der Waals surface area contributed by atoms with E-state index in [0.29, 0.717) is 16.3 Å². The van der Waals surface area contributed by atoms with E-state index in [1.807, 2.05) is 0 Å². The minimum Gasteiger partial charge on any atom is -0.497 e. The fourth-order valence-corrected chi connectivity index (χ4v) is 3.84. The molecule has 0 unspecified atom stereocenters. The van der Waals surface area contributed by atoms with Crippen molar-refractivity contribution in [3.05, 3.63) is 53.6 Å². The van der Waals surface area contributed by atoms with Gasteiger partial charge in [-0.3, -0.25) is 0 Å². The molecule has 0 amide bonds. The highest BCUT2D eigenvalue weighted by atomic mass is 35.5. The summed E-state index contributed by atoms with van der Waals surface area (Å²) < 4.78 is 36.9. The lowest BCUT2D eigenvalue weighted by Gasteiger charge is -2.10. The number of aromatic nitrogens is 1. The molecule has 3 rings (SSSR count). The van der Waals surface area contributed by atoms with Gasteiger partial charge in [0.25, 0.3) is 0 Å². The Morgan fingerprint density at radius 3 is 2.19 bits per heavy atom. The first-order chi connectivity index (χ1) is 12.3. The quantitative estimate of drug-likeness (QED) is 0.655. The van der Waals surface area contributed by atoms with Gasteiger partial charge < -0.3 is 14.1 Å². The van der Waals surface area contributed by atoms with Gasteiger partial charge in [0.15, 0.2) is 0 Å². The van der Waals surface area contributed by atoms with Crippen LogP contribution in [0.15, 0.2) is 62.9 Å². The lowest BCUT2D eigenvalue weighted by Crippen LogP contribution is -2.13. The predicted octanol–water partition coefficient (Wildman–Crippen LogP) is 3.90. The molecule has 8 heteroatoms. The number of sulfone groups is 1. The van der Waals surface area contributed by atoms with Crippen LogP contribution in [0, 0.1) is 0 Å². The van der Waals surface area contributed by atoms with E-state index in [1.165, 1.54) is 24.3 Å². The second-order valence-electron chi connectivity index (χ2n) is 5.71. The molecule has 0 spiro atoms. The summed E-state index contributed by atoms with van der Waals surface area (Å²) in [5.74, 6) is 1.05. The van der Waals surface area contributed by atoms with Crippen molar-refractivity contribution in [3.8, 4) is 17.2 Å². The van der Waals surface area contributed by atoms with Crippen LogP contribution >= 0.6 is 11.6 Å². The molecule has 0 N–H and O–H groups in total. The Morgan fingerprint density at radius 2 is 1.65 bits per heavy atom. The minimum absolute atomic E-state index is 0.0968. The Morgan fingerprint density at radius 1 is 1.04 bits per heavy atom. The molecule has 136 valence electrons. The number of hydrogen-bond acceptors (Lipinski definition) is 6. The summed E-state index contributed by atoms with van der Waals surface area (Å²) in [5, 5.41) is 0.312. The Labute approximate surface area is 156 Å². The molecule has 26 heavy (non-hydrogen) atoms. The third-order valence-electron chi connectivity index (χ3n) is 3.70. The second kappa shape index (κ2) is 7.01. The van der Waals surface area contributed by atoms with E-state index in [0.717, 1.165) is 0 Å². The second-order valence-corrected chi connectivity index (χ2v) is 8.01. The van der Waals surface area contributed by atoms with E-state index in [2.05, 4.69) is 4.98 Å². The van der Waals surface area contributed by atoms with Gasteiger partial charge in [-0.05, 0) is 48.5 Å². The zero-order valence-corrected chi connectivity index (χ0v) is 16.0. The fourth-order valence-electron chi connectivity index (χ4n) is 2.34. The van der Waals surface area contributed by atoms with Crippen LogP contribution in [0.4, 0.5) is 5.88 Å². The summed E-state index contributed by atoms with van der Waals surface area (Å²) in [6.07, 6.45) is 0. The Hall–Kier alpha value is -2.51. The number of benzene rings is 2. The number of anilines is 1. The number of rotatable bonds is 5. The topological polar surface area (TPSA) is 72.6 Å². The standard InChI is InChI=1S/C18H17ClN2O4S/c1-21(2)18-17(26(22,23)15-10-6-13(19)7-11-15)20-16(25-18)12-4-8-14(24-3)9-5-12/h4-11H,1-3H3. The first-order valence-electron chi connectivity index (χ1n) is 7.66. The van der Waals surface area contributed by atoms with Crippen LogP contribution in [-0.2, 0) is 9.84 Å². The highest BCUT2D eigenvalue weighted by Gasteiger charge is 2.29. The van der Waals surface area contributed by atoms with Gasteiger partial charge in [0.2, 0.25) is 26.6 Å². The van der Waals surface area contributed by atoms with E-state index in [1.54, 1.807) is 50.4 Å². The fraction of sp³-hybridized carbons (Fsp3) is 0.167. The van der Waals surface area contributed by atoms with Crippen molar-refractivity contribution in [1.29, 1.82) is 0 Å². The molecule has 3 aromatic rings. The molecule has 0 aliphatic rings. The highest BCUT2D eigenvalue weighted by Crippen LogP contribution is 2.34. The molecule has 0 saturated heterocycles. The lowest BCUT2D eigenvalue weighted by atomic mass is 10.2. The summed E-state index contributed by atoms with van der Waals surface area (Å²) in [6, 6.07) is 12.9. The first kappa shape index (κ1) is 18.3. The van der Waals surface area contributed by atoms with E-state index < -0.39 is 9.84 Å². The third kappa shape index (κ3) is 3.40. The summed E-state index contributed by atoms with van der Waals surface area (Å²) in [5.41, 5.74) is 0.645. The van der Waals surface area contributed by atoms with E-state index in [4.69, 9.17) is 20.8 Å². The van der Waals surface area contributed by atoms with Crippen molar-refractivity contribution in [1.82, 2.24) is 4.98 Å². The molecule has 6 nitrogen and oxygen atoms in total. The maximum atomic E-state index is 13.0. The molecule has 0 aliphatic heterocycles. The number of nitrogens with zero attached hydrogens (tertiary/aromatic N) is 2. The Balaban J connectivity index is 2.11. The normalized spacial score (nSPS) is 11.4. The van der Waals surface area contributed by atoms with E-state index in [9.17, 15) is 8.42 Å². The van der Waals surface area contributed by atoms with Gasteiger partial charge in [0.1, 0.15) is 5.75 Å². The van der Waals surface area contributed by atoms with Gasteiger partial charge in [-0.15, -0.1) is 0 Å². The summed E-state index contributed by atoms with van der Waals surface area (Å²) in [6.45, 7) is 0. The largest absolute Gasteiger partial charge is 0.497 e. The van der Waals surface area contributed by atoms with Crippen molar-refractivity contribution in [2.45, 2.75) is 9.92 Å². The summed E-state index contributed by atoms with van der Waals surface area (Å²) in [7, 11) is 1.10. The molecule has 0 fully saturated rings. The van der Waals surface area contributed by atoms with Crippen LogP contribution in [0.25, 0.3) is 11.5 Å². The van der Waals surface area contributed by atoms with Gasteiger partial charge in [0.05, 0.1) is 12.0 Å². The van der Waals surface area contributed by atoms with E-state index in [-0.39, 0.29) is 21.7 Å². The van der Waals surface area contributed by atoms with Gasteiger partial charge in [-0.1, -0.05) is 11.6 Å². The van der Waals surface area contributed by atoms with Crippen molar-refractivity contribution in [2.24, 2.45) is 0 Å². The zero-order valence-electron chi connectivity index (χ0n) is 14.4. The number of ether oxygens (including phenoxy) is 1. The Kier molecular flexibility index (Phi) is 4.93. The maximum Gasteiger partial charge on any atom is 0.235 e. The van der Waals surface area contributed by atoms with Crippen molar-refractivity contribution >= 4 is 27.3 Å². The summed E-state index contributed by atoms with van der Waals surface area (Å²) in [4.78, 5) is 5.93. The molecule has 0 radical (unpaired) electrons. The molecule has 1 heterocycles. The number of halogens is 1. The molecular weight excluding hydrogens is 376 g/mol. The van der Waals surface area contributed by atoms with Crippen molar-refractivity contribution < 1.29 is 17.6 Å². The Bertz CT molecular complexity index is 1010. The van der Waals surface area contributed by atoms with Crippen LogP contribution in [0.1, 0.15) is 0 Å². The molecule has 0 aliphatic carbocycles. The van der Waals surface area contributed by atoms with Crippen molar-refractivity contribution in [3.63, 3.8) is 0 Å². The van der Waals surface area contributed by atoms with Gasteiger partial charge in [-0.2, -0.15) is 4.98 Å². The maximum absolute atomic E-state index is 13.0. The molecule has 2 aromatic carbocycles. The first-order valence-corrected chi connectivity index (χ1v) is 9.52. The van der Waals surface area contributed by atoms with Gasteiger partial charge in [0, 0.05) is 24.7 Å². The zero-order chi connectivity index (χ0) is 18.9. The van der Waals surface area contributed by atoms with Crippen LogP contribution in [0.3, 0.4) is 0 Å². The van der Waals surface area contributed by atoms with Crippen molar-refractivity contribution in [2.75, 3.05) is 26.1 Å². The molecule has 0 bridgehead atoms. The smallest absolute Gasteiger partial charge is 0.235 e. The van der Waals surface area contributed by atoms with E-state index >= 15 is 0 Å². The highest BCUT2D eigenvalue weighted by molar-refractivity contribution is 7.91. The predicted molar refractivity (Wildman–Crippen MR) is 99.7 cm³/mol. The van der Waals surface area contributed by atoms with Crippen LogP contribution in [0.5, 0.6) is 5.75 Å². The number of oxazole rings is 1. The number of methoxy groups -OCH3 is 1. The number of hydrogen-bond donors (Lipinski definition) is 0. The monoisotopic (exact) mass is 392 g/mol. The van der Waals surface area contributed by atoms with Crippen LogP contribution in [0.2, 0.25) is 5.02 Å². The van der Waals surface area contributed by atoms with Crippen LogP contribution < -0.4 is 9.64 Å². The average molecular weight is 393 g/mol. The van der Waals surface area contributed by atoms with Crippen LogP contribution in [-0.4, -0.2) is 34.6 Å².